The molecule has 5 heteroatoms. The van der Waals surface area contributed by atoms with Crippen LogP contribution in [0.2, 0.25) is 0 Å². The van der Waals surface area contributed by atoms with Crippen LogP contribution in [0.1, 0.15) is 5.69 Å². The topological polar surface area (TPSA) is 78.0 Å². The molecule has 0 amide bonds. The molecular formula is C8H9N3O2. The molecule has 0 bridgehead atoms. The average Bonchev–Trinajstić information content (AvgIpc) is 2.56. The molecule has 0 spiro atoms. The van der Waals surface area contributed by atoms with Gasteiger partial charge < -0.3 is 15.4 Å². The summed E-state index contributed by atoms with van der Waals surface area (Å²) in [6.45, 7) is 0. The summed E-state index contributed by atoms with van der Waals surface area (Å²) in [5.41, 5.74) is 0.732. The zero-order chi connectivity index (χ0) is 9.68. The van der Waals surface area contributed by atoms with Gasteiger partial charge in [-0.05, 0) is 0 Å². The number of nitrogens with zero attached hydrogens (tertiary/aromatic N) is 1. The number of aromatic amines is 1. The molecule has 0 aliphatic heterocycles. The Hall–Kier alpha value is -1.96. The molecule has 1 heterocycles. The predicted octanol–water partition coefficient (Wildman–Crippen LogP) is -0.414. The lowest BCUT2D eigenvalue weighted by Gasteiger charge is -2.08. The molecule has 1 aromatic heterocycles. The molecule has 0 saturated heterocycles. The minimum atomic E-state index is -0.979. The van der Waals surface area contributed by atoms with Crippen LogP contribution in [0.4, 0.5) is 0 Å². The van der Waals surface area contributed by atoms with Gasteiger partial charge in [0.1, 0.15) is 6.04 Å². The molecule has 68 valence electrons. The quantitative estimate of drug-likeness (QED) is 0.433. The van der Waals surface area contributed by atoms with Gasteiger partial charge in [0.25, 0.3) is 0 Å². The minimum Gasteiger partial charge on any atom is -0.480 e. The highest BCUT2D eigenvalue weighted by molar-refractivity contribution is 5.74. The largest absolute Gasteiger partial charge is 0.480 e. The zero-order valence-electron chi connectivity index (χ0n) is 6.82. The SMILES string of the molecule is C#CNC(Cc1cnc[nH]1)C(=O)O. The molecule has 5 nitrogen and oxygen atoms in total. The van der Waals surface area contributed by atoms with Gasteiger partial charge in [-0.3, -0.25) is 0 Å². The Labute approximate surface area is 75.2 Å². The summed E-state index contributed by atoms with van der Waals surface area (Å²) >= 11 is 0. The van der Waals surface area contributed by atoms with Crippen molar-refractivity contribution < 1.29 is 9.90 Å². The van der Waals surface area contributed by atoms with Crippen LogP contribution in [-0.2, 0) is 11.2 Å². The fraction of sp³-hybridized carbons (Fsp3) is 0.250. The fourth-order valence-electron chi connectivity index (χ4n) is 0.917. The van der Waals surface area contributed by atoms with Gasteiger partial charge >= 0.3 is 5.97 Å². The summed E-state index contributed by atoms with van der Waals surface area (Å²) in [5.74, 6) is -0.979. The van der Waals surface area contributed by atoms with Crippen molar-refractivity contribution in [2.75, 3.05) is 0 Å². The highest BCUT2D eigenvalue weighted by atomic mass is 16.4. The number of carbonyl (C=O) groups is 1. The van der Waals surface area contributed by atoms with Gasteiger partial charge in [-0.1, -0.05) is 6.42 Å². The van der Waals surface area contributed by atoms with Crippen molar-refractivity contribution >= 4 is 5.97 Å². The molecule has 13 heavy (non-hydrogen) atoms. The van der Waals surface area contributed by atoms with Gasteiger partial charge in [-0.15, -0.1) is 0 Å². The smallest absolute Gasteiger partial charge is 0.327 e. The van der Waals surface area contributed by atoms with Crippen molar-refractivity contribution in [1.82, 2.24) is 15.3 Å². The fourth-order valence-corrected chi connectivity index (χ4v) is 0.917. The van der Waals surface area contributed by atoms with Gasteiger partial charge in [0, 0.05) is 24.4 Å². The summed E-state index contributed by atoms with van der Waals surface area (Å²) in [7, 11) is 0. The third-order valence-electron chi connectivity index (χ3n) is 1.53. The van der Waals surface area contributed by atoms with E-state index in [4.69, 9.17) is 11.5 Å². The molecule has 0 radical (unpaired) electrons. The molecule has 0 saturated carbocycles. The number of H-pyrrole nitrogens is 1. The normalized spacial score (nSPS) is 11.6. The summed E-state index contributed by atoms with van der Waals surface area (Å²) in [6.07, 6.45) is 8.29. The number of rotatable bonds is 4. The van der Waals surface area contributed by atoms with E-state index >= 15 is 0 Å². The zero-order valence-corrected chi connectivity index (χ0v) is 6.82. The van der Waals surface area contributed by atoms with E-state index in [1.807, 2.05) is 0 Å². The van der Waals surface area contributed by atoms with Crippen LogP contribution in [0.25, 0.3) is 0 Å². The molecule has 3 N–H and O–H groups in total. The Morgan fingerprint density at radius 2 is 2.69 bits per heavy atom. The Morgan fingerprint density at radius 1 is 1.92 bits per heavy atom. The number of terminal acetylenes is 1. The number of carboxylic acids is 1. The molecule has 1 rings (SSSR count). The predicted molar refractivity (Wildman–Crippen MR) is 45.7 cm³/mol. The Kier molecular flexibility index (Phi) is 2.92. The van der Waals surface area contributed by atoms with E-state index in [-0.39, 0.29) is 0 Å². The third kappa shape index (κ3) is 2.52. The van der Waals surface area contributed by atoms with E-state index in [0.29, 0.717) is 6.42 Å². The van der Waals surface area contributed by atoms with Gasteiger partial charge in [0.15, 0.2) is 0 Å². The molecule has 0 fully saturated rings. The van der Waals surface area contributed by atoms with Crippen molar-refractivity contribution in [1.29, 1.82) is 0 Å². The molecular weight excluding hydrogens is 170 g/mol. The van der Waals surface area contributed by atoms with Gasteiger partial charge in [-0.2, -0.15) is 0 Å². The van der Waals surface area contributed by atoms with Crippen LogP contribution < -0.4 is 5.32 Å². The van der Waals surface area contributed by atoms with Crippen molar-refractivity contribution in [3.63, 3.8) is 0 Å². The number of carboxylic acid groups (broad SMARTS) is 1. The average molecular weight is 179 g/mol. The molecule has 0 aromatic carbocycles. The van der Waals surface area contributed by atoms with Crippen molar-refractivity contribution in [2.45, 2.75) is 12.5 Å². The number of hydrogen-bond acceptors (Lipinski definition) is 3. The first-order valence-corrected chi connectivity index (χ1v) is 3.65. The summed E-state index contributed by atoms with van der Waals surface area (Å²) in [4.78, 5) is 17.2. The highest BCUT2D eigenvalue weighted by Crippen LogP contribution is 1.97. The highest BCUT2D eigenvalue weighted by Gasteiger charge is 2.16. The second kappa shape index (κ2) is 4.16. The number of imidazole rings is 1. The van der Waals surface area contributed by atoms with Crippen LogP contribution in [0.15, 0.2) is 12.5 Å². The van der Waals surface area contributed by atoms with Crippen molar-refractivity contribution in [3.05, 3.63) is 18.2 Å². The number of aliphatic carboxylic acids is 1. The third-order valence-corrected chi connectivity index (χ3v) is 1.53. The van der Waals surface area contributed by atoms with Crippen LogP contribution in [-0.4, -0.2) is 27.1 Å². The van der Waals surface area contributed by atoms with E-state index in [2.05, 4.69) is 21.3 Å². The Morgan fingerprint density at radius 3 is 3.15 bits per heavy atom. The summed E-state index contributed by atoms with van der Waals surface area (Å²) in [6, 6.07) is 1.32. The van der Waals surface area contributed by atoms with E-state index < -0.39 is 12.0 Å². The van der Waals surface area contributed by atoms with E-state index in [1.165, 1.54) is 6.33 Å². The standard InChI is InChI=1S/C8H9N3O2/c1-2-10-7(8(12)13)3-6-4-9-5-11-6/h1,4-5,7,10H,3H2,(H,9,11)(H,12,13). The summed E-state index contributed by atoms with van der Waals surface area (Å²) < 4.78 is 0. The van der Waals surface area contributed by atoms with Crippen LogP contribution in [0, 0.1) is 12.5 Å². The monoisotopic (exact) mass is 179 g/mol. The second-order valence-electron chi connectivity index (χ2n) is 2.46. The number of nitrogens with one attached hydrogen (secondary N) is 2. The van der Waals surface area contributed by atoms with Crippen molar-refractivity contribution in [3.8, 4) is 12.5 Å². The van der Waals surface area contributed by atoms with Gasteiger partial charge in [0.2, 0.25) is 0 Å². The molecule has 1 atom stereocenters. The van der Waals surface area contributed by atoms with Gasteiger partial charge in [-0.25, -0.2) is 9.78 Å². The lowest BCUT2D eigenvalue weighted by atomic mass is 10.2. The first kappa shape index (κ1) is 9.13. The first-order valence-electron chi connectivity index (χ1n) is 3.65. The molecule has 0 aliphatic carbocycles. The van der Waals surface area contributed by atoms with Crippen LogP contribution >= 0.6 is 0 Å². The Bertz CT molecular complexity index is 313. The van der Waals surface area contributed by atoms with Crippen LogP contribution in [0.3, 0.4) is 0 Å². The van der Waals surface area contributed by atoms with Gasteiger partial charge in [0.05, 0.1) is 6.33 Å². The van der Waals surface area contributed by atoms with Crippen molar-refractivity contribution in [2.24, 2.45) is 0 Å². The summed E-state index contributed by atoms with van der Waals surface area (Å²) in [5, 5.41) is 11.1. The molecule has 1 unspecified atom stereocenters. The number of aromatic nitrogens is 2. The van der Waals surface area contributed by atoms with E-state index in [0.717, 1.165) is 5.69 Å². The van der Waals surface area contributed by atoms with E-state index in [9.17, 15) is 4.79 Å². The minimum absolute atomic E-state index is 0.291. The second-order valence-corrected chi connectivity index (χ2v) is 2.46. The lowest BCUT2D eigenvalue weighted by Crippen LogP contribution is -2.35. The molecule has 0 aliphatic rings. The first-order chi connectivity index (χ1) is 6.24. The Balaban J connectivity index is 2.59. The lowest BCUT2D eigenvalue weighted by molar-refractivity contribution is -0.139. The maximum absolute atomic E-state index is 10.6. The van der Waals surface area contributed by atoms with Crippen LogP contribution in [0.5, 0.6) is 0 Å². The van der Waals surface area contributed by atoms with E-state index in [1.54, 1.807) is 6.20 Å². The maximum Gasteiger partial charge on any atom is 0.327 e. The number of hydrogen-bond donors (Lipinski definition) is 3. The molecule has 1 aromatic rings. The maximum atomic E-state index is 10.6.